The Bertz CT molecular complexity index is 619. The van der Waals surface area contributed by atoms with Crippen molar-refractivity contribution in [3.63, 3.8) is 0 Å². The molecule has 0 saturated heterocycles. The second-order valence-electron chi connectivity index (χ2n) is 5.19. The van der Waals surface area contributed by atoms with Crippen molar-refractivity contribution < 1.29 is 13.9 Å². The summed E-state index contributed by atoms with van der Waals surface area (Å²) in [6.07, 6.45) is 0.665. The molecule has 0 bridgehead atoms. The van der Waals surface area contributed by atoms with E-state index < -0.39 is 5.38 Å². The third-order valence-corrected chi connectivity index (χ3v) is 3.84. The molecule has 2 aromatic rings. The number of benzene rings is 2. The Morgan fingerprint density at radius 2 is 1.83 bits per heavy atom. The standard InChI is InChI=1S/C18H19ClFNO2/c1-21(18(22)17(19)14-6-3-2-4-7-14)12-5-13-23-16-10-8-15(20)9-11-16/h2-4,6-11,17H,5,12-13H2,1H3. The summed E-state index contributed by atoms with van der Waals surface area (Å²) in [4.78, 5) is 13.9. The van der Waals surface area contributed by atoms with Crippen LogP contribution in [0.3, 0.4) is 0 Å². The number of alkyl halides is 1. The highest BCUT2D eigenvalue weighted by molar-refractivity contribution is 6.30. The summed E-state index contributed by atoms with van der Waals surface area (Å²) in [7, 11) is 1.72. The SMILES string of the molecule is CN(CCCOc1ccc(F)cc1)C(=O)C(Cl)c1ccccc1. The lowest BCUT2D eigenvalue weighted by molar-refractivity contribution is -0.129. The largest absolute Gasteiger partial charge is 0.494 e. The van der Waals surface area contributed by atoms with Crippen LogP contribution in [0, 0.1) is 5.82 Å². The molecule has 0 radical (unpaired) electrons. The highest BCUT2D eigenvalue weighted by Crippen LogP contribution is 2.22. The fraction of sp³-hybridized carbons (Fsp3) is 0.278. The predicted molar refractivity (Wildman–Crippen MR) is 89.2 cm³/mol. The van der Waals surface area contributed by atoms with E-state index in [-0.39, 0.29) is 11.7 Å². The van der Waals surface area contributed by atoms with E-state index in [0.29, 0.717) is 25.3 Å². The number of amides is 1. The number of carbonyl (C=O) groups excluding carboxylic acids is 1. The minimum Gasteiger partial charge on any atom is -0.494 e. The number of likely N-dealkylation sites (N-methyl/N-ethyl adjacent to an activating group) is 1. The smallest absolute Gasteiger partial charge is 0.244 e. The number of carbonyl (C=O) groups is 1. The molecular weight excluding hydrogens is 317 g/mol. The molecule has 0 aliphatic carbocycles. The quantitative estimate of drug-likeness (QED) is 0.564. The molecule has 2 rings (SSSR count). The summed E-state index contributed by atoms with van der Waals surface area (Å²) < 4.78 is 18.3. The highest BCUT2D eigenvalue weighted by Gasteiger charge is 2.20. The first-order chi connectivity index (χ1) is 11.1. The predicted octanol–water partition coefficient (Wildman–Crippen LogP) is 4.03. The first-order valence-electron chi connectivity index (χ1n) is 7.40. The molecule has 0 spiro atoms. The normalized spacial score (nSPS) is 11.8. The molecule has 0 fully saturated rings. The Labute approximate surface area is 140 Å². The molecule has 1 unspecified atom stereocenters. The second kappa shape index (κ2) is 8.53. The van der Waals surface area contributed by atoms with Crippen LogP contribution in [0.15, 0.2) is 54.6 Å². The van der Waals surface area contributed by atoms with Crippen LogP contribution in [0.25, 0.3) is 0 Å². The van der Waals surface area contributed by atoms with E-state index in [0.717, 1.165) is 5.56 Å². The molecule has 0 N–H and O–H groups in total. The average Bonchev–Trinajstić information content (AvgIpc) is 2.59. The molecule has 23 heavy (non-hydrogen) atoms. The summed E-state index contributed by atoms with van der Waals surface area (Å²) in [6, 6.07) is 15.1. The van der Waals surface area contributed by atoms with Gasteiger partial charge in [-0.1, -0.05) is 30.3 Å². The number of rotatable bonds is 7. The van der Waals surface area contributed by atoms with Crippen molar-refractivity contribution in [1.82, 2.24) is 4.90 Å². The minimum atomic E-state index is -0.681. The number of hydrogen-bond acceptors (Lipinski definition) is 2. The average molecular weight is 336 g/mol. The first kappa shape index (κ1) is 17.3. The van der Waals surface area contributed by atoms with Gasteiger partial charge in [0, 0.05) is 13.6 Å². The fourth-order valence-corrected chi connectivity index (χ4v) is 2.40. The molecular formula is C18H19ClFNO2. The van der Waals surface area contributed by atoms with E-state index in [4.69, 9.17) is 16.3 Å². The van der Waals surface area contributed by atoms with E-state index in [2.05, 4.69) is 0 Å². The number of halogens is 2. The lowest BCUT2D eigenvalue weighted by Crippen LogP contribution is -2.31. The van der Waals surface area contributed by atoms with Gasteiger partial charge < -0.3 is 9.64 Å². The van der Waals surface area contributed by atoms with Gasteiger partial charge in [0.05, 0.1) is 6.61 Å². The molecule has 3 nitrogen and oxygen atoms in total. The van der Waals surface area contributed by atoms with Gasteiger partial charge in [0.2, 0.25) is 5.91 Å². The van der Waals surface area contributed by atoms with Crippen molar-refractivity contribution in [2.75, 3.05) is 20.2 Å². The third-order valence-electron chi connectivity index (χ3n) is 3.41. The third kappa shape index (κ3) is 5.25. The van der Waals surface area contributed by atoms with E-state index in [1.807, 2.05) is 30.3 Å². The second-order valence-corrected chi connectivity index (χ2v) is 5.63. The van der Waals surface area contributed by atoms with E-state index in [1.165, 1.54) is 12.1 Å². The fourth-order valence-electron chi connectivity index (χ4n) is 2.09. The van der Waals surface area contributed by atoms with Crippen LogP contribution < -0.4 is 4.74 Å². The molecule has 122 valence electrons. The van der Waals surface area contributed by atoms with Crippen molar-refractivity contribution in [3.05, 3.63) is 66.0 Å². The zero-order valence-electron chi connectivity index (χ0n) is 12.9. The first-order valence-corrected chi connectivity index (χ1v) is 7.84. The van der Waals surface area contributed by atoms with Crippen LogP contribution >= 0.6 is 11.6 Å². The van der Waals surface area contributed by atoms with Crippen molar-refractivity contribution in [3.8, 4) is 5.75 Å². The Morgan fingerprint density at radius 3 is 2.48 bits per heavy atom. The summed E-state index contributed by atoms with van der Waals surface area (Å²) in [5.74, 6) is 0.177. The molecule has 0 saturated carbocycles. The summed E-state index contributed by atoms with van der Waals surface area (Å²) in [5.41, 5.74) is 0.786. The lowest BCUT2D eigenvalue weighted by Gasteiger charge is -2.20. The van der Waals surface area contributed by atoms with Gasteiger partial charge >= 0.3 is 0 Å². The summed E-state index contributed by atoms with van der Waals surface area (Å²) in [6.45, 7) is 0.984. The molecule has 5 heteroatoms. The van der Waals surface area contributed by atoms with Crippen LogP contribution in [0.1, 0.15) is 17.4 Å². The maximum atomic E-state index is 12.8. The maximum absolute atomic E-state index is 12.8. The van der Waals surface area contributed by atoms with Crippen molar-refractivity contribution in [2.45, 2.75) is 11.8 Å². The van der Waals surface area contributed by atoms with Gasteiger partial charge in [-0.05, 0) is 36.2 Å². The van der Waals surface area contributed by atoms with Gasteiger partial charge in [0.25, 0.3) is 0 Å². The van der Waals surface area contributed by atoms with Crippen LogP contribution in [0.5, 0.6) is 5.75 Å². The Morgan fingerprint density at radius 1 is 1.17 bits per heavy atom. The van der Waals surface area contributed by atoms with Crippen LogP contribution in [-0.4, -0.2) is 31.0 Å². The molecule has 1 amide bonds. The van der Waals surface area contributed by atoms with Gasteiger partial charge in [0.1, 0.15) is 16.9 Å². The van der Waals surface area contributed by atoms with Gasteiger partial charge in [-0.3, -0.25) is 4.79 Å². The van der Waals surface area contributed by atoms with Crippen LogP contribution in [0.2, 0.25) is 0 Å². The molecule has 0 aliphatic heterocycles. The Kier molecular flexibility index (Phi) is 6.41. The molecule has 0 aliphatic rings. The summed E-state index contributed by atoms with van der Waals surface area (Å²) >= 11 is 6.22. The van der Waals surface area contributed by atoms with Gasteiger partial charge in [-0.25, -0.2) is 4.39 Å². The van der Waals surface area contributed by atoms with E-state index in [1.54, 1.807) is 24.1 Å². The van der Waals surface area contributed by atoms with Crippen molar-refractivity contribution in [2.24, 2.45) is 0 Å². The zero-order chi connectivity index (χ0) is 16.7. The Hall–Kier alpha value is -2.07. The van der Waals surface area contributed by atoms with Crippen LogP contribution in [0.4, 0.5) is 4.39 Å². The molecule has 0 heterocycles. The topological polar surface area (TPSA) is 29.5 Å². The number of ether oxygens (including phenoxy) is 1. The van der Waals surface area contributed by atoms with E-state index >= 15 is 0 Å². The van der Waals surface area contributed by atoms with Gasteiger partial charge in [-0.15, -0.1) is 11.6 Å². The van der Waals surface area contributed by atoms with Crippen molar-refractivity contribution >= 4 is 17.5 Å². The molecule has 2 aromatic carbocycles. The van der Waals surface area contributed by atoms with Crippen molar-refractivity contribution in [1.29, 1.82) is 0 Å². The number of nitrogens with zero attached hydrogens (tertiary/aromatic N) is 1. The van der Waals surface area contributed by atoms with Gasteiger partial charge in [0.15, 0.2) is 0 Å². The molecule has 0 aromatic heterocycles. The van der Waals surface area contributed by atoms with Crippen LogP contribution in [-0.2, 0) is 4.79 Å². The maximum Gasteiger partial charge on any atom is 0.244 e. The molecule has 1 atom stereocenters. The lowest BCUT2D eigenvalue weighted by atomic mass is 10.1. The number of hydrogen-bond donors (Lipinski definition) is 0. The zero-order valence-corrected chi connectivity index (χ0v) is 13.7. The monoisotopic (exact) mass is 335 g/mol. The van der Waals surface area contributed by atoms with Gasteiger partial charge in [-0.2, -0.15) is 0 Å². The van der Waals surface area contributed by atoms with E-state index in [9.17, 15) is 9.18 Å². The highest BCUT2D eigenvalue weighted by atomic mass is 35.5. The minimum absolute atomic E-state index is 0.139. The Balaban J connectivity index is 1.74. The summed E-state index contributed by atoms with van der Waals surface area (Å²) in [5, 5.41) is -0.681.